The van der Waals surface area contributed by atoms with E-state index in [2.05, 4.69) is 185 Å². The van der Waals surface area contributed by atoms with Gasteiger partial charge in [-0.1, -0.05) is 146 Å². The minimum Gasteiger partial charge on any atom is -0.313 e. The smallest absolute Gasteiger partial charge is 0.238 e. The lowest BCUT2D eigenvalue weighted by Gasteiger charge is -2.47. The van der Waals surface area contributed by atoms with Crippen LogP contribution in [0.25, 0.3) is 66.8 Å². The Kier molecular flexibility index (Phi) is 7.86. The van der Waals surface area contributed by atoms with E-state index in [4.69, 9.17) is 19.9 Å². The molecule has 0 saturated carbocycles. The maximum atomic E-state index is 5.31. The van der Waals surface area contributed by atoms with Gasteiger partial charge in [0.15, 0.2) is 5.82 Å². The van der Waals surface area contributed by atoms with Gasteiger partial charge in [-0.3, -0.25) is 9.55 Å². The van der Waals surface area contributed by atoms with Crippen molar-refractivity contribution >= 4 is 78.3 Å². The van der Waals surface area contributed by atoms with Crippen LogP contribution in [0, 0.1) is 0 Å². The summed E-state index contributed by atoms with van der Waals surface area (Å²) in [4.78, 5) is 20.0. The zero-order valence-corrected chi connectivity index (χ0v) is 32.1. The van der Waals surface area contributed by atoms with Gasteiger partial charge in [-0.15, -0.1) is 0 Å². The van der Waals surface area contributed by atoms with Gasteiger partial charge in [0.1, 0.15) is 6.33 Å². The molecule has 0 aliphatic heterocycles. The van der Waals surface area contributed by atoms with Gasteiger partial charge < -0.3 is 4.57 Å². The zero-order chi connectivity index (χ0) is 37.8. The van der Waals surface area contributed by atoms with E-state index in [0.29, 0.717) is 11.8 Å². The first-order valence-electron chi connectivity index (χ1n) is 19.4. The van der Waals surface area contributed by atoms with E-state index in [1.807, 2.05) is 12.3 Å². The van der Waals surface area contributed by atoms with Crippen LogP contribution in [0.1, 0.15) is 12.8 Å². The third-order valence-electron chi connectivity index (χ3n) is 11.5. The monoisotopic (exact) mass is 748 g/mol. The Balaban J connectivity index is 1.15. The van der Waals surface area contributed by atoms with Crippen molar-refractivity contribution in [2.45, 2.75) is 12.8 Å². The van der Waals surface area contributed by atoms with Crippen molar-refractivity contribution in [3.63, 3.8) is 0 Å². The minimum atomic E-state index is -2.77. The molecule has 0 N–H and O–H groups in total. The van der Waals surface area contributed by atoms with Crippen LogP contribution in [0.3, 0.4) is 0 Å². The molecule has 4 heterocycles. The Hall–Kier alpha value is -7.22. The van der Waals surface area contributed by atoms with E-state index in [1.165, 1.54) is 37.3 Å². The van der Waals surface area contributed by atoms with Crippen LogP contribution in [0.4, 0.5) is 0 Å². The van der Waals surface area contributed by atoms with Crippen molar-refractivity contribution in [1.29, 1.82) is 0 Å². The fourth-order valence-electron chi connectivity index (χ4n) is 9.15. The van der Waals surface area contributed by atoms with Crippen LogP contribution in [0.2, 0.25) is 0 Å². The number of nitrogens with zero attached hydrogens (tertiary/aromatic N) is 6. The van der Waals surface area contributed by atoms with Gasteiger partial charge in [-0.2, -0.15) is 25.7 Å². The summed E-state index contributed by atoms with van der Waals surface area (Å²) >= 11 is 0. The Morgan fingerprint density at radius 1 is 0.526 bits per heavy atom. The Morgan fingerprint density at radius 2 is 1.21 bits per heavy atom. The molecule has 6 aromatic carbocycles. The third-order valence-corrected chi connectivity index (χ3v) is 16.3. The second-order valence-electron chi connectivity index (χ2n) is 14.6. The van der Waals surface area contributed by atoms with Crippen molar-refractivity contribution < 1.29 is 0 Å². The summed E-state index contributed by atoms with van der Waals surface area (Å²) in [6.45, 7) is 0. The van der Waals surface area contributed by atoms with Crippen molar-refractivity contribution in [1.82, 2.24) is 29.1 Å². The van der Waals surface area contributed by atoms with E-state index in [1.54, 1.807) is 6.33 Å². The molecule has 1 aliphatic rings. The average Bonchev–Trinajstić information content (AvgIpc) is 3.81. The van der Waals surface area contributed by atoms with Crippen LogP contribution in [0.15, 0.2) is 195 Å². The topological polar surface area (TPSA) is 61.4 Å². The molecule has 0 bridgehead atoms. The first-order chi connectivity index (χ1) is 28.3. The van der Waals surface area contributed by atoms with Crippen LogP contribution >= 0.6 is 0 Å². The van der Waals surface area contributed by atoms with E-state index in [0.717, 1.165) is 51.2 Å². The maximum Gasteiger partial charge on any atom is 0.238 e. The second kappa shape index (κ2) is 13.5. The number of pyridine rings is 1. The summed E-state index contributed by atoms with van der Waals surface area (Å²) in [5.41, 5.74) is 7.46. The Labute approximate surface area is 330 Å². The van der Waals surface area contributed by atoms with Crippen LogP contribution in [0.5, 0.6) is 0 Å². The summed E-state index contributed by atoms with van der Waals surface area (Å²) in [5.74, 6) is 1.17. The summed E-state index contributed by atoms with van der Waals surface area (Å²) in [7, 11) is -2.77. The Bertz CT molecular complexity index is 3090. The fourth-order valence-corrected chi connectivity index (χ4v) is 14.0. The highest BCUT2D eigenvalue weighted by Crippen LogP contribution is 2.41. The van der Waals surface area contributed by atoms with Gasteiger partial charge >= 0.3 is 0 Å². The predicted octanol–water partition coefficient (Wildman–Crippen LogP) is 8.71. The summed E-state index contributed by atoms with van der Waals surface area (Å²) in [6, 6.07) is 59.1. The number of hydrogen-bond acceptors (Lipinski definition) is 4. The van der Waals surface area contributed by atoms with E-state index >= 15 is 0 Å². The van der Waals surface area contributed by atoms with Gasteiger partial charge in [0.05, 0.1) is 27.6 Å². The number of hydrogen-bond donors (Lipinski definition) is 0. The normalized spacial score (nSPS) is 13.2. The molecule has 11 rings (SSSR count). The zero-order valence-electron chi connectivity index (χ0n) is 31.1. The molecule has 0 saturated heterocycles. The molecule has 0 amide bonds. The second-order valence-corrected chi connectivity index (χ2v) is 18.4. The molecule has 271 valence electrons. The summed E-state index contributed by atoms with van der Waals surface area (Å²) in [5, 5.41) is 8.61. The van der Waals surface area contributed by atoms with Crippen molar-refractivity contribution in [2.75, 3.05) is 0 Å². The first-order valence-corrected chi connectivity index (χ1v) is 21.4. The van der Waals surface area contributed by atoms with Crippen molar-refractivity contribution in [3.8, 4) is 17.3 Å². The standard InChI is InChI=1S/C50H36N6Si/c1-5-18-36(19-6-1)55-43-28-14-13-27-41(43)46-44(55)31-30-42-47-45(29-16-32-51-47)56(48(42)46)50-53-34-52-49(54-50)35-17-15-26-40(33-35)57(37-20-7-2-8-21-37,38-22-9-3-10-23-38)39-24-11-4-12-25-39/h1-5,7-18,20-34H,6,19H2/q-1. The molecule has 0 radical (unpaired) electrons. The fraction of sp³-hybridized carbons (Fsp3) is 0.0400. The van der Waals surface area contributed by atoms with Crippen LogP contribution in [-0.2, 0) is 0 Å². The SMILES string of the molecule is C1=CCCC(n2c3ccccc3c3c2ccc2c4ncccc4n(-c4ncnc(-c5cccc([Si-](c6ccccc6)(c6ccccc6)c6ccccc6)c5)n4)c23)=C1. The lowest BCUT2D eigenvalue weighted by molar-refractivity contribution is 0.947. The van der Waals surface area contributed by atoms with Crippen molar-refractivity contribution in [2.24, 2.45) is 0 Å². The molecular weight excluding hydrogens is 713 g/mol. The molecule has 0 atom stereocenters. The van der Waals surface area contributed by atoms with E-state index in [-0.39, 0.29) is 0 Å². The van der Waals surface area contributed by atoms with Crippen molar-refractivity contribution in [3.05, 3.63) is 195 Å². The number of aromatic nitrogens is 6. The molecule has 0 unspecified atom stereocenters. The molecule has 10 aromatic rings. The maximum absolute atomic E-state index is 5.31. The van der Waals surface area contributed by atoms with Crippen LogP contribution in [-0.4, -0.2) is 37.1 Å². The van der Waals surface area contributed by atoms with Gasteiger partial charge in [0, 0.05) is 33.6 Å². The lowest BCUT2D eigenvalue weighted by atomic mass is 10.1. The molecule has 0 spiro atoms. The van der Waals surface area contributed by atoms with Gasteiger partial charge in [0.2, 0.25) is 5.95 Å². The van der Waals surface area contributed by atoms with Gasteiger partial charge in [-0.25, -0.2) is 9.97 Å². The minimum absolute atomic E-state index is 0.556. The number of rotatable bonds is 7. The molecule has 4 aromatic heterocycles. The molecule has 6 nitrogen and oxygen atoms in total. The lowest BCUT2D eigenvalue weighted by Crippen LogP contribution is -2.74. The molecule has 0 fully saturated rings. The molecule has 7 heteroatoms. The Morgan fingerprint density at radius 3 is 1.93 bits per heavy atom. The number of fused-ring (bicyclic) bond motifs is 7. The first kappa shape index (κ1) is 33.1. The highest BCUT2D eigenvalue weighted by molar-refractivity contribution is 7.19. The number of benzene rings is 6. The molecule has 1 aliphatic carbocycles. The summed E-state index contributed by atoms with van der Waals surface area (Å²) < 4.78 is 4.62. The van der Waals surface area contributed by atoms with Gasteiger partial charge in [-0.05, 0) is 57.3 Å². The highest BCUT2D eigenvalue weighted by Gasteiger charge is 2.29. The average molecular weight is 749 g/mol. The predicted molar refractivity (Wildman–Crippen MR) is 237 cm³/mol. The van der Waals surface area contributed by atoms with E-state index in [9.17, 15) is 0 Å². The number of allylic oxidation sites excluding steroid dienone is 4. The largest absolute Gasteiger partial charge is 0.313 e. The quantitative estimate of drug-likeness (QED) is 0.121. The number of para-hydroxylation sites is 1. The molecular formula is C50H36N6Si-. The summed E-state index contributed by atoms with van der Waals surface area (Å²) in [6.07, 6.45) is 12.2. The third kappa shape index (κ3) is 5.16. The van der Waals surface area contributed by atoms with E-state index < -0.39 is 8.07 Å². The van der Waals surface area contributed by atoms with Crippen LogP contribution < -0.4 is 20.7 Å². The highest BCUT2D eigenvalue weighted by atomic mass is 28.3. The van der Waals surface area contributed by atoms with Gasteiger partial charge in [0.25, 0.3) is 0 Å². The molecule has 57 heavy (non-hydrogen) atoms.